The fourth-order valence-corrected chi connectivity index (χ4v) is 6.03. The Morgan fingerprint density at radius 2 is 1.79 bits per heavy atom. The van der Waals surface area contributed by atoms with E-state index in [0.29, 0.717) is 12.1 Å². The van der Waals surface area contributed by atoms with Crippen molar-refractivity contribution in [2.75, 3.05) is 31.6 Å². The van der Waals surface area contributed by atoms with Crippen molar-refractivity contribution < 1.29 is 18.0 Å². The summed E-state index contributed by atoms with van der Waals surface area (Å²) in [5.74, 6) is -0.229. The molecule has 3 aliphatic rings. The zero-order valence-corrected chi connectivity index (χ0v) is 16.9. The first-order valence-corrected chi connectivity index (χ1v) is 11.1. The fourth-order valence-electron chi connectivity index (χ4n) is 4.59. The summed E-state index contributed by atoms with van der Waals surface area (Å²) in [6, 6.07) is 12.4. The predicted octanol–water partition coefficient (Wildman–Crippen LogP) is 1.34. The first kappa shape index (κ1) is 18.3. The van der Waals surface area contributed by atoms with E-state index in [0.717, 1.165) is 17.7 Å². The van der Waals surface area contributed by atoms with Gasteiger partial charge >= 0.3 is 0 Å². The molecule has 0 N–H and O–H groups in total. The van der Waals surface area contributed by atoms with Crippen molar-refractivity contribution in [3.05, 3.63) is 59.2 Å². The molecule has 2 aromatic rings. The zero-order chi connectivity index (χ0) is 20.3. The Hall–Kier alpha value is -2.71. The monoisotopic (exact) mass is 411 g/mol. The lowest BCUT2D eigenvalue weighted by Crippen LogP contribution is -2.55. The minimum absolute atomic E-state index is 0.0582. The molecular formula is C21H21N3O4S. The van der Waals surface area contributed by atoms with E-state index in [1.165, 1.54) is 20.8 Å². The molecule has 0 unspecified atom stereocenters. The molecule has 0 bridgehead atoms. The number of likely N-dealkylation sites (N-methyl/N-ethyl adjacent to an activating group) is 1. The highest BCUT2D eigenvalue weighted by atomic mass is 32.2. The molecule has 8 heteroatoms. The van der Waals surface area contributed by atoms with Crippen LogP contribution in [0.4, 0.5) is 5.69 Å². The van der Waals surface area contributed by atoms with E-state index >= 15 is 0 Å². The predicted molar refractivity (Wildman–Crippen MR) is 107 cm³/mol. The number of carbonyl (C=O) groups is 2. The molecule has 1 fully saturated rings. The Kier molecular flexibility index (Phi) is 4.04. The third-order valence-electron chi connectivity index (χ3n) is 6.19. The molecular weight excluding hydrogens is 390 g/mol. The van der Waals surface area contributed by atoms with Crippen molar-refractivity contribution in [1.82, 2.24) is 9.21 Å². The van der Waals surface area contributed by atoms with E-state index in [-0.39, 0.29) is 42.3 Å². The van der Waals surface area contributed by atoms with Gasteiger partial charge in [0.2, 0.25) is 21.8 Å². The van der Waals surface area contributed by atoms with Crippen LogP contribution in [0.2, 0.25) is 0 Å². The first-order valence-electron chi connectivity index (χ1n) is 9.63. The summed E-state index contributed by atoms with van der Waals surface area (Å²) in [6.45, 7) is 0.694. The summed E-state index contributed by atoms with van der Waals surface area (Å²) in [7, 11) is -2.17. The molecule has 2 amide bonds. The van der Waals surface area contributed by atoms with E-state index in [4.69, 9.17) is 0 Å². The number of piperazine rings is 1. The smallest absolute Gasteiger partial charge is 0.243 e. The standard InChI is InChI=1S/C21H21N3O4S/c1-22-18-7-6-16(10-15(18)11-20(22)25)29(27,28)23-12-19-17-5-3-2-4-14(17)8-9-24(19)21(26)13-23/h2-7,10,19H,8-9,11-13H2,1H3/t19-/m1/s1. The van der Waals surface area contributed by atoms with Crippen LogP contribution in [-0.4, -0.2) is 56.1 Å². The van der Waals surface area contributed by atoms with Crippen LogP contribution in [0.3, 0.4) is 0 Å². The maximum absolute atomic E-state index is 13.3. The van der Waals surface area contributed by atoms with Gasteiger partial charge in [-0.1, -0.05) is 24.3 Å². The van der Waals surface area contributed by atoms with Gasteiger partial charge in [0.1, 0.15) is 0 Å². The summed E-state index contributed by atoms with van der Waals surface area (Å²) in [6.07, 6.45) is 0.982. The van der Waals surface area contributed by atoms with Gasteiger partial charge in [-0.15, -0.1) is 0 Å². The van der Waals surface area contributed by atoms with Crippen LogP contribution >= 0.6 is 0 Å². The van der Waals surface area contributed by atoms with Gasteiger partial charge in [0, 0.05) is 25.8 Å². The average Bonchev–Trinajstić information content (AvgIpc) is 3.01. The summed E-state index contributed by atoms with van der Waals surface area (Å²) < 4.78 is 28.0. The number of carbonyl (C=O) groups excluding carboxylic acids is 2. The first-order chi connectivity index (χ1) is 13.9. The van der Waals surface area contributed by atoms with E-state index < -0.39 is 10.0 Å². The normalized spacial score (nSPS) is 21.8. The maximum atomic E-state index is 13.3. The van der Waals surface area contributed by atoms with Crippen LogP contribution in [0.5, 0.6) is 0 Å². The second-order valence-corrected chi connectivity index (χ2v) is 9.71. The number of amides is 2. The molecule has 0 aliphatic carbocycles. The van der Waals surface area contributed by atoms with Crippen molar-refractivity contribution in [2.24, 2.45) is 0 Å². The van der Waals surface area contributed by atoms with Gasteiger partial charge in [-0.3, -0.25) is 9.59 Å². The van der Waals surface area contributed by atoms with Crippen molar-refractivity contribution in [3.63, 3.8) is 0 Å². The number of rotatable bonds is 2. The lowest BCUT2D eigenvalue weighted by molar-refractivity contribution is -0.138. The third-order valence-corrected chi connectivity index (χ3v) is 7.99. The van der Waals surface area contributed by atoms with Crippen LogP contribution in [-0.2, 0) is 32.5 Å². The lowest BCUT2D eigenvalue weighted by atomic mass is 9.91. The molecule has 1 atom stereocenters. The van der Waals surface area contributed by atoms with Gasteiger partial charge in [-0.05, 0) is 41.3 Å². The number of nitrogens with zero attached hydrogens (tertiary/aromatic N) is 3. The molecule has 5 rings (SSSR count). The molecule has 0 spiro atoms. The molecule has 29 heavy (non-hydrogen) atoms. The van der Waals surface area contributed by atoms with Crippen LogP contribution in [0.1, 0.15) is 22.7 Å². The Morgan fingerprint density at radius 3 is 2.62 bits per heavy atom. The molecule has 2 aromatic carbocycles. The Labute approximate surface area is 169 Å². The molecule has 7 nitrogen and oxygen atoms in total. The van der Waals surface area contributed by atoms with Crippen molar-refractivity contribution in [2.45, 2.75) is 23.8 Å². The number of anilines is 1. The molecule has 3 aliphatic heterocycles. The SMILES string of the molecule is CN1C(=O)Cc2cc(S(=O)(=O)N3CC(=O)N4CCc5ccccc5[C@H]4C3)ccc21. The van der Waals surface area contributed by atoms with E-state index in [1.54, 1.807) is 24.1 Å². The quantitative estimate of drug-likeness (QED) is 0.747. The van der Waals surface area contributed by atoms with E-state index in [1.807, 2.05) is 24.3 Å². The Bertz CT molecular complexity index is 1140. The topological polar surface area (TPSA) is 78.0 Å². The molecule has 0 saturated carbocycles. The summed E-state index contributed by atoms with van der Waals surface area (Å²) in [5, 5.41) is 0. The minimum Gasteiger partial charge on any atom is -0.333 e. The summed E-state index contributed by atoms with van der Waals surface area (Å²) in [4.78, 5) is 28.2. The maximum Gasteiger partial charge on any atom is 0.243 e. The minimum atomic E-state index is -3.85. The van der Waals surface area contributed by atoms with Gasteiger partial charge in [0.15, 0.2) is 0 Å². The third kappa shape index (κ3) is 2.78. The number of benzene rings is 2. The average molecular weight is 411 g/mol. The Morgan fingerprint density at radius 1 is 1.00 bits per heavy atom. The summed E-state index contributed by atoms with van der Waals surface area (Å²) >= 11 is 0. The van der Waals surface area contributed by atoms with E-state index in [2.05, 4.69) is 0 Å². The molecule has 0 radical (unpaired) electrons. The van der Waals surface area contributed by atoms with Gasteiger partial charge in [0.05, 0.1) is 23.9 Å². The highest BCUT2D eigenvalue weighted by Gasteiger charge is 2.41. The van der Waals surface area contributed by atoms with Crippen molar-refractivity contribution in [1.29, 1.82) is 0 Å². The zero-order valence-electron chi connectivity index (χ0n) is 16.0. The highest BCUT2D eigenvalue weighted by Crippen LogP contribution is 2.36. The number of hydrogen-bond acceptors (Lipinski definition) is 4. The molecule has 150 valence electrons. The number of hydrogen-bond donors (Lipinski definition) is 0. The number of sulfonamides is 1. The molecule has 3 heterocycles. The fraction of sp³-hybridized carbons (Fsp3) is 0.333. The summed E-state index contributed by atoms with van der Waals surface area (Å²) in [5.41, 5.74) is 3.62. The van der Waals surface area contributed by atoms with Gasteiger partial charge < -0.3 is 9.80 Å². The van der Waals surface area contributed by atoms with Gasteiger partial charge in [0.25, 0.3) is 0 Å². The van der Waals surface area contributed by atoms with Crippen LogP contribution < -0.4 is 4.90 Å². The number of fused-ring (bicyclic) bond motifs is 4. The van der Waals surface area contributed by atoms with E-state index in [9.17, 15) is 18.0 Å². The van der Waals surface area contributed by atoms with Crippen LogP contribution in [0, 0.1) is 0 Å². The molecule has 1 saturated heterocycles. The second-order valence-electron chi connectivity index (χ2n) is 7.77. The Balaban J connectivity index is 1.49. The lowest BCUT2D eigenvalue weighted by Gasteiger charge is -2.44. The van der Waals surface area contributed by atoms with Crippen molar-refractivity contribution >= 4 is 27.5 Å². The van der Waals surface area contributed by atoms with Gasteiger partial charge in [-0.25, -0.2) is 8.42 Å². The largest absolute Gasteiger partial charge is 0.333 e. The molecule has 0 aromatic heterocycles. The second kappa shape index (κ2) is 6.40. The van der Waals surface area contributed by atoms with Crippen molar-refractivity contribution in [3.8, 4) is 0 Å². The van der Waals surface area contributed by atoms with Crippen LogP contribution in [0.15, 0.2) is 47.4 Å². The van der Waals surface area contributed by atoms with Gasteiger partial charge in [-0.2, -0.15) is 4.31 Å². The highest BCUT2D eigenvalue weighted by molar-refractivity contribution is 7.89. The van der Waals surface area contributed by atoms with Crippen LogP contribution in [0.25, 0.3) is 0 Å².